The van der Waals surface area contributed by atoms with Crippen molar-refractivity contribution in [3.05, 3.63) is 71.4 Å². The first kappa shape index (κ1) is 20.9. The van der Waals surface area contributed by atoms with Crippen LogP contribution in [-0.2, 0) is 11.3 Å². The molecule has 0 spiro atoms. The molecule has 0 unspecified atom stereocenters. The summed E-state index contributed by atoms with van der Waals surface area (Å²) in [6.45, 7) is 0.406. The summed E-state index contributed by atoms with van der Waals surface area (Å²) in [6.07, 6.45) is 7.09. The van der Waals surface area contributed by atoms with Gasteiger partial charge in [0.1, 0.15) is 23.1 Å². The molecule has 1 saturated carbocycles. The smallest absolute Gasteiger partial charge is 0.326 e. The van der Waals surface area contributed by atoms with E-state index in [1.807, 2.05) is 18.2 Å². The number of nitrogens with zero attached hydrogens (tertiary/aromatic N) is 3. The van der Waals surface area contributed by atoms with E-state index >= 15 is 0 Å². The number of urea groups is 1. The van der Waals surface area contributed by atoms with E-state index in [1.54, 1.807) is 29.1 Å². The molecule has 2 fully saturated rings. The first-order valence-corrected chi connectivity index (χ1v) is 11.2. The summed E-state index contributed by atoms with van der Waals surface area (Å²) in [7, 11) is 0. The standard InChI is InChI=1S/C24H21FN8O2/c25-15-4-3-13(17(9-15)18-2-1-7-26-18)11-27-20-10-21(29-16-5-6-16)33-22(31-20)14(12-28-33)8-19-23(34)32-24(35)30-19/h1-4,7-10,12,16,26,29H,5-6,11H2,(H,27,31)(H2,30,32,34,35)/b19-8-. The number of aromatic nitrogens is 4. The van der Waals surface area contributed by atoms with Crippen molar-refractivity contribution in [1.29, 1.82) is 0 Å². The first-order valence-electron chi connectivity index (χ1n) is 11.2. The molecule has 2 aliphatic rings. The molecular formula is C24H21FN8O2. The highest BCUT2D eigenvalue weighted by Crippen LogP contribution is 2.29. The van der Waals surface area contributed by atoms with Gasteiger partial charge in [-0.15, -0.1) is 0 Å². The third-order valence-corrected chi connectivity index (χ3v) is 5.87. The van der Waals surface area contributed by atoms with Crippen molar-refractivity contribution >= 4 is 35.3 Å². The van der Waals surface area contributed by atoms with Gasteiger partial charge in [0.25, 0.3) is 5.91 Å². The number of carbonyl (C=O) groups excluding carboxylic acids is 2. The van der Waals surface area contributed by atoms with Crippen LogP contribution in [-0.4, -0.2) is 37.6 Å². The number of imide groups is 1. The fourth-order valence-electron chi connectivity index (χ4n) is 3.99. The molecule has 1 aromatic carbocycles. The van der Waals surface area contributed by atoms with Crippen LogP contribution in [0.5, 0.6) is 0 Å². The van der Waals surface area contributed by atoms with Gasteiger partial charge in [-0.3, -0.25) is 10.1 Å². The van der Waals surface area contributed by atoms with Crippen LogP contribution >= 0.6 is 0 Å². The molecule has 1 saturated heterocycles. The summed E-state index contributed by atoms with van der Waals surface area (Å²) in [5.41, 5.74) is 3.70. The Labute approximate surface area is 198 Å². The van der Waals surface area contributed by atoms with Crippen LogP contribution in [0.25, 0.3) is 23.0 Å². The van der Waals surface area contributed by atoms with Crippen LogP contribution < -0.4 is 21.3 Å². The fourth-order valence-corrected chi connectivity index (χ4v) is 3.99. The molecule has 0 atom stereocenters. The number of benzene rings is 1. The van der Waals surface area contributed by atoms with Crippen molar-refractivity contribution in [3.8, 4) is 11.3 Å². The lowest BCUT2D eigenvalue weighted by atomic mass is 10.0. The van der Waals surface area contributed by atoms with Crippen LogP contribution in [0.4, 0.5) is 20.8 Å². The number of nitrogens with one attached hydrogen (secondary N) is 5. The summed E-state index contributed by atoms with van der Waals surface area (Å²) in [6, 6.07) is 10.1. The maximum Gasteiger partial charge on any atom is 0.326 e. The topological polar surface area (TPSA) is 128 Å². The lowest BCUT2D eigenvalue weighted by Gasteiger charge is -2.13. The van der Waals surface area contributed by atoms with Crippen LogP contribution in [0.3, 0.4) is 0 Å². The van der Waals surface area contributed by atoms with E-state index in [4.69, 9.17) is 4.98 Å². The Hall–Kier alpha value is -4.67. The first-order chi connectivity index (χ1) is 17.0. The molecule has 5 N–H and O–H groups in total. The van der Waals surface area contributed by atoms with E-state index < -0.39 is 11.9 Å². The van der Waals surface area contributed by atoms with Gasteiger partial charge in [0, 0.05) is 41.7 Å². The second-order valence-corrected chi connectivity index (χ2v) is 8.49. The maximum absolute atomic E-state index is 14.0. The minimum atomic E-state index is -0.568. The number of fused-ring (bicyclic) bond motifs is 1. The number of rotatable bonds is 7. The van der Waals surface area contributed by atoms with Gasteiger partial charge in [0.05, 0.1) is 6.20 Å². The Morgan fingerprint density at radius 1 is 1.17 bits per heavy atom. The minimum absolute atomic E-state index is 0.128. The Bertz CT molecular complexity index is 1490. The quantitative estimate of drug-likeness (QED) is 0.208. The molecule has 0 radical (unpaired) electrons. The third-order valence-electron chi connectivity index (χ3n) is 5.87. The SMILES string of the molecule is O=C1NC(=O)/C(=C/c2cnn3c(NC4CC4)cc(NCc4ccc(F)cc4-c4ccc[nH]4)nc23)N1. The molecule has 0 bridgehead atoms. The number of carbonyl (C=O) groups is 2. The zero-order valence-electron chi connectivity index (χ0n) is 18.4. The van der Waals surface area contributed by atoms with Crippen LogP contribution in [0.1, 0.15) is 24.0 Å². The van der Waals surface area contributed by atoms with Crippen molar-refractivity contribution in [2.24, 2.45) is 0 Å². The molecule has 4 heterocycles. The molecule has 1 aliphatic carbocycles. The van der Waals surface area contributed by atoms with Crippen LogP contribution in [0.2, 0.25) is 0 Å². The monoisotopic (exact) mass is 472 g/mol. The van der Waals surface area contributed by atoms with Crippen LogP contribution in [0.15, 0.2) is 54.5 Å². The van der Waals surface area contributed by atoms with E-state index in [2.05, 4.69) is 31.3 Å². The largest absolute Gasteiger partial charge is 0.367 e. The van der Waals surface area contributed by atoms with E-state index in [0.29, 0.717) is 29.6 Å². The molecule has 1 aliphatic heterocycles. The molecule has 3 amide bonds. The summed E-state index contributed by atoms with van der Waals surface area (Å²) in [5.74, 6) is 0.526. The highest BCUT2D eigenvalue weighted by Gasteiger charge is 2.25. The van der Waals surface area contributed by atoms with Gasteiger partial charge in [-0.1, -0.05) is 6.07 Å². The molecule has 4 aromatic rings. The predicted molar refractivity (Wildman–Crippen MR) is 128 cm³/mol. The van der Waals surface area contributed by atoms with E-state index in [-0.39, 0.29) is 11.5 Å². The molecule has 176 valence electrons. The highest BCUT2D eigenvalue weighted by molar-refractivity contribution is 6.14. The van der Waals surface area contributed by atoms with Gasteiger partial charge in [0.2, 0.25) is 0 Å². The number of hydrogen-bond donors (Lipinski definition) is 5. The van der Waals surface area contributed by atoms with E-state index in [9.17, 15) is 14.0 Å². The van der Waals surface area contributed by atoms with Gasteiger partial charge in [-0.25, -0.2) is 14.2 Å². The second-order valence-electron chi connectivity index (χ2n) is 8.49. The molecular weight excluding hydrogens is 451 g/mol. The summed E-state index contributed by atoms with van der Waals surface area (Å²) in [5, 5.41) is 15.9. The Morgan fingerprint density at radius 3 is 2.80 bits per heavy atom. The fraction of sp³-hybridized carbons (Fsp3) is 0.167. The third kappa shape index (κ3) is 4.19. The summed E-state index contributed by atoms with van der Waals surface area (Å²) in [4.78, 5) is 31.3. The predicted octanol–water partition coefficient (Wildman–Crippen LogP) is 3.23. The van der Waals surface area contributed by atoms with Crippen molar-refractivity contribution in [3.63, 3.8) is 0 Å². The van der Waals surface area contributed by atoms with E-state index in [0.717, 1.165) is 35.5 Å². The molecule has 35 heavy (non-hydrogen) atoms. The normalized spacial score (nSPS) is 16.5. The zero-order chi connectivity index (χ0) is 23.9. The van der Waals surface area contributed by atoms with Gasteiger partial charge in [-0.05, 0) is 48.7 Å². The lowest BCUT2D eigenvalue weighted by Crippen LogP contribution is -2.22. The van der Waals surface area contributed by atoms with E-state index in [1.165, 1.54) is 12.1 Å². The number of aromatic amines is 1. The molecule has 11 heteroatoms. The number of anilines is 2. The number of halogens is 1. The number of hydrogen-bond acceptors (Lipinski definition) is 6. The lowest BCUT2D eigenvalue weighted by molar-refractivity contribution is -0.115. The Balaban J connectivity index is 1.35. The number of amides is 3. The second kappa shape index (κ2) is 8.28. The zero-order valence-corrected chi connectivity index (χ0v) is 18.4. The summed E-state index contributed by atoms with van der Waals surface area (Å²) >= 11 is 0. The van der Waals surface area contributed by atoms with Gasteiger partial charge < -0.3 is 20.9 Å². The minimum Gasteiger partial charge on any atom is -0.367 e. The average Bonchev–Trinajstić information content (AvgIpc) is 3.19. The molecule has 3 aromatic heterocycles. The van der Waals surface area contributed by atoms with Crippen molar-refractivity contribution in [2.75, 3.05) is 10.6 Å². The Kier molecular flexibility index (Phi) is 4.94. The van der Waals surface area contributed by atoms with Gasteiger partial charge in [0.15, 0.2) is 5.65 Å². The highest BCUT2D eigenvalue weighted by atomic mass is 19.1. The molecule has 6 rings (SSSR count). The summed E-state index contributed by atoms with van der Waals surface area (Å²) < 4.78 is 15.6. The maximum atomic E-state index is 14.0. The van der Waals surface area contributed by atoms with Gasteiger partial charge >= 0.3 is 6.03 Å². The van der Waals surface area contributed by atoms with Gasteiger partial charge in [-0.2, -0.15) is 9.61 Å². The van der Waals surface area contributed by atoms with Crippen LogP contribution in [0, 0.1) is 5.82 Å². The number of H-pyrrole nitrogens is 1. The molecule has 10 nitrogen and oxygen atoms in total. The van der Waals surface area contributed by atoms with Crippen molar-refractivity contribution in [1.82, 2.24) is 30.2 Å². The van der Waals surface area contributed by atoms with Crippen molar-refractivity contribution in [2.45, 2.75) is 25.4 Å². The Morgan fingerprint density at radius 2 is 2.06 bits per heavy atom. The van der Waals surface area contributed by atoms with Crippen molar-refractivity contribution < 1.29 is 14.0 Å². The average molecular weight is 472 g/mol.